The minimum atomic E-state index is 0. The van der Waals surface area contributed by atoms with E-state index in [0.29, 0.717) is 0 Å². The van der Waals surface area contributed by atoms with Crippen LogP contribution in [0.25, 0.3) is 0 Å². The molecule has 0 aliphatic carbocycles. The van der Waals surface area contributed by atoms with Crippen LogP contribution in [0, 0.1) is 0 Å². The SMILES string of the molecule is N.N.[Cl-].[Sn+4]. The Morgan fingerprint density at radius 2 is 0.750 bits per heavy atom. The van der Waals surface area contributed by atoms with Crippen molar-refractivity contribution >= 4 is 23.9 Å². The van der Waals surface area contributed by atoms with E-state index in [1.165, 1.54) is 0 Å². The van der Waals surface area contributed by atoms with Crippen molar-refractivity contribution in [1.29, 1.82) is 0 Å². The molecule has 0 aromatic carbocycles. The molecule has 6 N–H and O–H groups in total. The van der Waals surface area contributed by atoms with E-state index in [1.54, 1.807) is 0 Å². The summed E-state index contributed by atoms with van der Waals surface area (Å²) in [5.41, 5.74) is 0. The first-order valence-corrected chi connectivity index (χ1v) is 0. The molecule has 0 unspecified atom stereocenters. The van der Waals surface area contributed by atoms with E-state index in [9.17, 15) is 0 Å². The maximum atomic E-state index is 0. The van der Waals surface area contributed by atoms with Gasteiger partial charge in [-0.05, 0) is 0 Å². The van der Waals surface area contributed by atoms with Crippen LogP contribution in [0.1, 0.15) is 0 Å². The molecule has 0 bridgehead atoms. The summed E-state index contributed by atoms with van der Waals surface area (Å²) in [6.45, 7) is 0. The van der Waals surface area contributed by atoms with Gasteiger partial charge in [0.2, 0.25) is 0 Å². The van der Waals surface area contributed by atoms with Crippen LogP contribution in [0.3, 0.4) is 0 Å². The third kappa shape index (κ3) is 11.9. The maximum absolute atomic E-state index is 0. The topological polar surface area (TPSA) is 70.0 Å². The van der Waals surface area contributed by atoms with Crippen molar-refractivity contribution in [2.24, 2.45) is 0 Å². The molecule has 0 aliphatic rings. The molecule has 2 nitrogen and oxygen atoms in total. The average Bonchev–Trinajstić information content (AvgIpc) is 0. The Hall–Kier alpha value is 1.01. The molecular formula is H6ClN2Sn+3. The van der Waals surface area contributed by atoms with E-state index in [1.807, 2.05) is 0 Å². The molecule has 0 saturated heterocycles. The molecular weight excluding hydrogens is 182 g/mol. The van der Waals surface area contributed by atoms with E-state index >= 15 is 0 Å². The Morgan fingerprint density at radius 3 is 0.750 bits per heavy atom. The molecule has 0 saturated carbocycles. The first-order chi connectivity index (χ1) is 0. The van der Waals surface area contributed by atoms with Crippen LogP contribution in [-0.4, -0.2) is 23.9 Å². The molecule has 0 heterocycles. The summed E-state index contributed by atoms with van der Waals surface area (Å²) in [7, 11) is 0. The summed E-state index contributed by atoms with van der Waals surface area (Å²) in [5.74, 6) is 0. The van der Waals surface area contributed by atoms with Crippen LogP contribution >= 0.6 is 0 Å². The molecule has 0 spiro atoms. The van der Waals surface area contributed by atoms with Crippen molar-refractivity contribution in [1.82, 2.24) is 12.3 Å². The zero-order chi connectivity index (χ0) is 0. The summed E-state index contributed by atoms with van der Waals surface area (Å²) in [6.07, 6.45) is 0. The molecule has 4 heavy (non-hydrogen) atoms. The second-order valence-corrected chi connectivity index (χ2v) is 0. The third-order valence-electron chi connectivity index (χ3n) is 0. The summed E-state index contributed by atoms with van der Waals surface area (Å²) < 4.78 is 0. The van der Waals surface area contributed by atoms with Crippen LogP contribution < -0.4 is 24.7 Å². The van der Waals surface area contributed by atoms with E-state index < -0.39 is 0 Å². The van der Waals surface area contributed by atoms with Gasteiger partial charge in [-0.25, -0.2) is 0 Å². The number of halogens is 1. The Balaban J connectivity index is 0. The van der Waals surface area contributed by atoms with Gasteiger partial charge in [-0.2, -0.15) is 0 Å². The monoisotopic (exact) mass is 189 g/mol. The zero-order valence-electron chi connectivity index (χ0n) is 2.29. The fraction of sp³-hybridized carbons (Fsp3) is 0. The van der Waals surface area contributed by atoms with Crippen LogP contribution in [0.5, 0.6) is 0 Å². The van der Waals surface area contributed by atoms with Crippen LogP contribution in [0.2, 0.25) is 0 Å². The van der Waals surface area contributed by atoms with Crippen molar-refractivity contribution in [3.8, 4) is 0 Å². The molecule has 4 heteroatoms. The predicted molar refractivity (Wildman–Crippen MR) is 15.8 cm³/mol. The van der Waals surface area contributed by atoms with Gasteiger partial charge in [-0.3, -0.25) is 0 Å². The number of hydrogen-bond donors (Lipinski definition) is 2. The quantitative estimate of drug-likeness (QED) is 0.396. The standard InChI is InChI=1S/ClH.2H3N.Sn/h1H;2*1H3;/q;;;+4/p-1. The first-order valence-electron chi connectivity index (χ1n) is 0. The Kier molecular flexibility index (Phi) is 705. The van der Waals surface area contributed by atoms with Gasteiger partial charge in [-0.1, -0.05) is 0 Å². The average molecular weight is 188 g/mol. The van der Waals surface area contributed by atoms with Crippen molar-refractivity contribution in [3.05, 3.63) is 0 Å². The minimum absolute atomic E-state index is 0. The fourth-order valence-corrected chi connectivity index (χ4v) is 0. The van der Waals surface area contributed by atoms with E-state index in [4.69, 9.17) is 0 Å². The van der Waals surface area contributed by atoms with Gasteiger partial charge in [0.05, 0.1) is 0 Å². The summed E-state index contributed by atoms with van der Waals surface area (Å²) >= 11 is 0. The van der Waals surface area contributed by atoms with Gasteiger partial charge in [0.25, 0.3) is 0 Å². The molecule has 0 aromatic rings. The maximum Gasteiger partial charge on any atom is 4.00 e. The minimum Gasteiger partial charge on any atom is -1.00 e. The summed E-state index contributed by atoms with van der Waals surface area (Å²) in [6, 6.07) is 0. The van der Waals surface area contributed by atoms with Gasteiger partial charge in [0.1, 0.15) is 0 Å². The largest absolute Gasteiger partial charge is 4.00 e. The Bertz CT molecular complexity index is 6.00. The molecule has 24 valence electrons. The second kappa shape index (κ2) is 35.7. The van der Waals surface area contributed by atoms with Crippen LogP contribution in [-0.2, 0) is 0 Å². The van der Waals surface area contributed by atoms with Gasteiger partial charge in [0, 0.05) is 0 Å². The van der Waals surface area contributed by atoms with Crippen molar-refractivity contribution < 1.29 is 12.4 Å². The van der Waals surface area contributed by atoms with Gasteiger partial charge in [0.15, 0.2) is 0 Å². The van der Waals surface area contributed by atoms with E-state index in [0.717, 1.165) is 0 Å². The number of hydrogen-bond acceptors (Lipinski definition) is 2. The molecule has 0 aliphatic heterocycles. The fourth-order valence-electron chi connectivity index (χ4n) is 0. The molecule has 0 radical (unpaired) electrons. The van der Waals surface area contributed by atoms with Crippen molar-refractivity contribution in [2.45, 2.75) is 0 Å². The Labute approximate surface area is 48.9 Å². The first kappa shape index (κ1) is 79.1. The molecule has 0 aromatic heterocycles. The molecule has 0 amide bonds. The number of rotatable bonds is 0. The third-order valence-corrected chi connectivity index (χ3v) is 0. The Morgan fingerprint density at radius 1 is 0.750 bits per heavy atom. The van der Waals surface area contributed by atoms with Gasteiger partial charge >= 0.3 is 23.9 Å². The van der Waals surface area contributed by atoms with Crippen LogP contribution in [0.4, 0.5) is 0 Å². The van der Waals surface area contributed by atoms with Gasteiger partial charge < -0.3 is 24.7 Å². The van der Waals surface area contributed by atoms with Gasteiger partial charge in [-0.15, -0.1) is 0 Å². The summed E-state index contributed by atoms with van der Waals surface area (Å²) in [5, 5.41) is 0. The zero-order valence-corrected chi connectivity index (χ0v) is 5.90. The molecule has 0 rings (SSSR count). The van der Waals surface area contributed by atoms with Crippen LogP contribution in [0.15, 0.2) is 0 Å². The second-order valence-electron chi connectivity index (χ2n) is 0. The molecule has 0 fully saturated rings. The predicted octanol–water partition coefficient (Wildman–Crippen LogP) is -3.05. The summed E-state index contributed by atoms with van der Waals surface area (Å²) in [4.78, 5) is 0. The van der Waals surface area contributed by atoms with Crippen molar-refractivity contribution in [3.63, 3.8) is 0 Å². The smallest absolute Gasteiger partial charge is 1.00 e. The van der Waals surface area contributed by atoms with Crippen molar-refractivity contribution in [2.75, 3.05) is 0 Å². The van der Waals surface area contributed by atoms with E-state index in [-0.39, 0.29) is 48.6 Å². The normalized spacial score (nSPS) is 0. The molecule has 0 atom stereocenters. The van der Waals surface area contributed by atoms with E-state index in [2.05, 4.69) is 0 Å².